The lowest BCUT2D eigenvalue weighted by molar-refractivity contribution is 0.326. The highest BCUT2D eigenvalue weighted by Crippen LogP contribution is 2.21. The Hall–Kier alpha value is -0.940. The second-order valence-electron chi connectivity index (χ2n) is 5.44. The van der Waals surface area contributed by atoms with Gasteiger partial charge in [0.25, 0.3) is 0 Å². The molecule has 2 aliphatic heterocycles. The molecule has 0 saturated carbocycles. The van der Waals surface area contributed by atoms with Crippen molar-refractivity contribution in [1.82, 2.24) is 20.8 Å². The minimum absolute atomic E-state index is 0.440. The fraction of sp³-hybridized carbons (Fsp3) is 0.846. The molecule has 5 heteroatoms. The van der Waals surface area contributed by atoms with Gasteiger partial charge in [-0.2, -0.15) is 4.98 Å². The molecule has 3 heterocycles. The van der Waals surface area contributed by atoms with Gasteiger partial charge in [-0.3, -0.25) is 0 Å². The van der Waals surface area contributed by atoms with E-state index in [9.17, 15) is 0 Å². The molecule has 2 saturated heterocycles. The Bertz CT molecular complexity index is 367. The molecule has 2 aliphatic rings. The number of rotatable bonds is 3. The van der Waals surface area contributed by atoms with Crippen molar-refractivity contribution in [2.75, 3.05) is 19.6 Å². The van der Waals surface area contributed by atoms with Crippen molar-refractivity contribution in [2.24, 2.45) is 0 Å². The highest BCUT2D eigenvalue weighted by atomic mass is 16.5. The third-order valence-corrected chi connectivity index (χ3v) is 3.98. The molecule has 2 N–H and O–H groups in total. The summed E-state index contributed by atoms with van der Waals surface area (Å²) in [7, 11) is 0. The summed E-state index contributed by atoms with van der Waals surface area (Å²) in [6.45, 7) is 3.23. The molecule has 0 aromatic carbocycles. The molecule has 0 amide bonds. The summed E-state index contributed by atoms with van der Waals surface area (Å²) >= 11 is 0. The minimum Gasteiger partial charge on any atom is -0.339 e. The van der Waals surface area contributed by atoms with Crippen molar-refractivity contribution in [3.05, 3.63) is 11.7 Å². The Kier molecular flexibility index (Phi) is 3.90. The molecule has 18 heavy (non-hydrogen) atoms. The number of aromatic nitrogens is 2. The average molecular weight is 250 g/mol. The van der Waals surface area contributed by atoms with Crippen molar-refractivity contribution in [1.29, 1.82) is 0 Å². The van der Waals surface area contributed by atoms with E-state index >= 15 is 0 Å². The predicted molar refractivity (Wildman–Crippen MR) is 68.5 cm³/mol. The number of nitrogens with zero attached hydrogens (tertiary/aromatic N) is 2. The van der Waals surface area contributed by atoms with E-state index in [0.717, 1.165) is 37.8 Å². The van der Waals surface area contributed by atoms with Gasteiger partial charge in [0.15, 0.2) is 5.82 Å². The highest BCUT2D eigenvalue weighted by Gasteiger charge is 2.22. The fourth-order valence-corrected chi connectivity index (χ4v) is 2.90. The molecule has 100 valence electrons. The van der Waals surface area contributed by atoms with Crippen LogP contribution in [0, 0.1) is 0 Å². The van der Waals surface area contributed by atoms with Crippen LogP contribution in [-0.2, 0) is 6.42 Å². The molecule has 2 fully saturated rings. The maximum Gasteiger partial charge on any atom is 0.228 e. The van der Waals surface area contributed by atoms with Crippen molar-refractivity contribution in [3.63, 3.8) is 0 Å². The van der Waals surface area contributed by atoms with Gasteiger partial charge >= 0.3 is 0 Å². The van der Waals surface area contributed by atoms with E-state index in [-0.39, 0.29) is 0 Å². The second kappa shape index (κ2) is 5.80. The van der Waals surface area contributed by atoms with E-state index in [0.29, 0.717) is 12.0 Å². The van der Waals surface area contributed by atoms with Crippen LogP contribution in [0.2, 0.25) is 0 Å². The van der Waals surface area contributed by atoms with Crippen molar-refractivity contribution in [3.8, 4) is 0 Å². The zero-order valence-electron chi connectivity index (χ0n) is 10.8. The molecular formula is C13H22N4O. The minimum atomic E-state index is 0.440. The Morgan fingerprint density at radius 2 is 2.17 bits per heavy atom. The zero-order valence-corrected chi connectivity index (χ0v) is 10.8. The molecule has 0 bridgehead atoms. The van der Waals surface area contributed by atoms with Crippen molar-refractivity contribution in [2.45, 2.75) is 50.5 Å². The van der Waals surface area contributed by atoms with E-state index in [1.807, 2.05) is 0 Å². The molecule has 2 unspecified atom stereocenters. The first-order valence-corrected chi connectivity index (χ1v) is 7.18. The van der Waals surface area contributed by atoms with Crippen LogP contribution in [0.15, 0.2) is 4.52 Å². The average Bonchev–Trinajstić information content (AvgIpc) is 2.89. The Morgan fingerprint density at radius 1 is 1.17 bits per heavy atom. The van der Waals surface area contributed by atoms with Crippen LogP contribution in [0.4, 0.5) is 0 Å². The van der Waals surface area contributed by atoms with Crippen LogP contribution < -0.4 is 10.6 Å². The number of hydrogen-bond donors (Lipinski definition) is 2. The standard InChI is InChI=1S/C13H22N4O/c1-2-7-15-11(5-1)8-12-16-13(17-18-12)10-4-3-6-14-9-10/h10-11,14-15H,1-9H2. The van der Waals surface area contributed by atoms with Crippen LogP contribution in [0.5, 0.6) is 0 Å². The summed E-state index contributed by atoms with van der Waals surface area (Å²) in [5, 5.41) is 11.1. The first-order chi connectivity index (χ1) is 8.92. The molecular weight excluding hydrogens is 228 g/mol. The Morgan fingerprint density at radius 3 is 2.94 bits per heavy atom. The van der Waals surface area contributed by atoms with Crippen molar-refractivity contribution >= 4 is 0 Å². The lowest BCUT2D eigenvalue weighted by Gasteiger charge is -2.21. The number of piperidine rings is 2. The van der Waals surface area contributed by atoms with Crippen molar-refractivity contribution < 1.29 is 4.52 Å². The summed E-state index contributed by atoms with van der Waals surface area (Å²) in [5.74, 6) is 2.14. The normalized spacial score (nSPS) is 29.3. The maximum atomic E-state index is 5.39. The Balaban J connectivity index is 1.58. The van der Waals surface area contributed by atoms with Gasteiger partial charge in [0, 0.05) is 24.9 Å². The van der Waals surface area contributed by atoms with Gasteiger partial charge < -0.3 is 15.2 Å². The van der Waals surface area contributed by atoms with Gasteiger partial charge in [-0.1, -0.05) is 11.6 Å². The summed E-state index contributed by atoms with van der Waals surface area (Å²) in [6.07, 6.45) is 7.09. The number of nitrogens with one attached hydrogen (secondary N) is 2. The quantitative estimate of drug-likeness (QED) is 0.844. The summed E-state index contributed by atoms with van der Waals surface area (Å²) in [5.41, 5.74) is 0. The van der Waals surface area contributed by atoms with Gasteiger partial charge in [0.1, 0.15) is 0 Å². The summed E-state index contributed by atoms with van der Waals surface area (Å²) < 4.78 is 5.39. The van der Waals surface area contributed by atoms with E-state index in [1.165, 1.54) is 32.1 Å². The first kappa shape index (κ1) is 12.1. The molecule has 3 rings (SSSR count). The molecule has 0 spiro atoms. The molecule has 2 atom stereocenters. The maximum absolute atomic E-state index is 5.39. The van der Waals surface area contributed by atoms with Gasteiger partial charge in [-0.05, 0) is 38.8 Å². The first-order valence-electron chi connectivity index (χ1n) is 7.18. The highest BCUT2D eigenvalue weighted by molar-refractivity contribution is 4.99. The SMILES string of the molecule is C1CCC(Cc2nc(C3CCCNC3)no2)NC1. The van der Waals surface area contributed by atoms with Gasteiger partial charge in [0.05, 0.1) is 0 Å². The molecule has 5 nitrogen and oxygen atoms in total. The molecule has 1 aromatic heterocycles. The second-order valence-corrected chi connectivity index (χ2v) is 5.44. The monoisotopic (exact) mass is 250 g/mol. The lowest BCUT2D eigenvalue weighted by atomic mass is 9.99. The van der Waals surface area contributed by atoms with Crippen LogP contribution in [0.3, 0.4) is 0 Å². The molecule has 0 radical (unpaired) electrons. The summed E-state index contributed by atoms with van der Waals surface area (Å²) in [4.78, 5) is 4.57. The largest absolute Gasteiger partial charge is 0.339 e. The number of hydrogen-bond acceptors (Lipinski definition) is 5. The Labute approximate surface area is 108 Å². The topological polar surface area (TPSA) is 63.0 Å². The van der Waals surface area contributed by atoms with Crippen LogP contribution in [0.25, 0.3) is 0 Å². The van der Waals surface area contributed by atoms with Gasteiger partial charge in [-0.15, -0.1) is 0 Å². The smallest absolute Gasteiger partial charge is 0.228 e. The van der Waals surface area contributed by atoms with Crippen LogP contribution in [-0.4, -0.2) is 35.8 Å². The molecule has 0 aliphatic carbocycles. The van der Waals surface area contributed by atoms with Crippen LogP contribution in [0.1, 0.15) is 49.7 Å². The van der Waals surface area contributed by atoms with Crippen LogP contribution >= 0.6 is 0 Å². The summed E-state index contributed by atoms with van der Waals surface area (Å²) in [6, 6.07) is 0.525. The molecule has 1 aromatic rings. The van der Waals surface area contributed by atoms with E-state index < -0.39 is 0 Å². The zero-order chi connectivity index (χ0) is 12.2. The van der Waals surface area contributed by atoms with E-state index in [1.54, 1.807) is 0 Å². The lowest BCUT2D eigenvalue weighted by Crippen LogP contribution is -2.35. The third kappa shape index (κ3) is 2.90. The fourth-order valence-electron chi connectivity index (χ4n) is 2.90. The predicted octanol–water partition coefficient (Wildman–Crippen LogP) is 1.22. The van der Waals surface area contributed by atoms with E-state index in [4.69, 9.17) is 4.52 Å². The third-order valence-electron chi connectivity index (χ3n) is 3.98. The van der Waals surface area contributed by atoms with E-state index in [2.05, 4.69) is 20.8 Å². The van der Waals surface area contributed by atoms with Gasteiger partial charge in [0.2, 0.25) is 5.89 Å². The van der Waals surface area contributed by atoms with Gasteiger partial charge in [-0.25, -0.2) is 0 Å².